The van der Waals surface area contributed by atoms with Gasteiger partial charge in [0, 0.05) is 42.9 Å². The van der Waals surface area contributed by atoms with Crippen LogP contribution in [0, 0.1) is 6.92 Å². The summed E-state index contributed by atoms with van der Waals surface area (Å²) in [6.45, 7) is 4.68. The Hall–Kier alpha value is -2.93. The number of aromatic nitrogens is 4. The molecule has 4 rings (SSSR count). The maximum Gasteiger partial charge on any atom is 0.252 e. The van der Waals surface area contributed by atoms with Gasteiger partial charge in [0.05, 0.1) is 24.3 Å². The van der Waals surface area contributed by atoms with Gasteiger partial charge in [-0.05, 0) is 13.3 Å². The molecule has 1 atom stereocenters. The Morgan fingerprint density at radius 1 is 1.33 bits per heavy atom. The van der Waals surface area contributed by atoms with E-state index in [1.165, 1.54) is 11.8 Å². The Morgan fingerprint density at radius 2 is 2.19 bits per heavy atom. The lowest BCUT2D eigenvalue weighted by Crippen LogP contribution is -2.18. The molecule has 0 amide bonds. The third-order valence-electron chi connectivity index (χ3n) is 4.76. The molecule has 7 nitrogen and oxygen atoms in total. The van der Waals surface area contributed by atoms with E-state index in [0.29, 0.717) is 24.1 Å². The molecule has 0 aliphatic carbocycles. The van der Waals surface area contributed by atoms with Gasteiger partial charge < -0.3 is 14.6 Å². The fourth-order valence-corrected chi connectivity index (χ4v) is 3.52. The monoisotopic (exact) mass is 365 g/mol. The van der Waals surface area contributed by atoms with Crippen LogP contribution in [0.3, 0.4) is 0 Å². The number of H-pyrrole nitrogens is 1. The standard InChI is InChI=1S/C20H23N5O2/c1-14-11-17(26)24-20(23-14)21-8-9-25-13-22-18(15-5-3-2-4-6-15)19(25)16-7-10-27-12-16/h2-6,11,13,16H,7-10,12H2,1H3,(H2,21,23,24,26)/t16-/m0/s1. The average Bonchev–Trinajstić information content (AvgIpc) is 3.31. The zero-order valence-corrected chi connectivity index (χ0v) is 15.3. The third kappa shape index (κ3) is 3.93. The molecule has 140 valence electrons. The van der Waals surface area contributed by atoms with Crippen molar-refractivity contribution in [2.45, 2.75) is 25.8 Å². The average molecular weight is 365 g/mol. The summed E-state index contributed by atoms with van der Waals surface area (Å²) in [6.07, 6.45) is 2.90. The van der Waals surface area contributed by atoms with Gasteiger partial charge in [0.15, 0.2) is 0 Å². The molecule has 2 N–H and O–H groups in total. The number of hydrogen-bond donors (Lipinski definition) is 2. The van der Waals surface area contributed by atoms with E-state index in [2.05, 4.69) is 32.0 Å². The first-order chi connectivity index (χ1) is 13.2. The van der Waals surface area contributed by atoms with E-state index in [4.69, 9.17) is 9.72 Å². The highest BCUT2D eigenvalue weighted by Crippen LogP contribution is 2.33. The lowest BCUT2D eigenvalue weighted by molar-refractivity contribution is 0.193. The topological polar surface area (TPSA) is 84.8 Å². The van der Waals surface area contributed by atoms with Crippen LogP contribution in [0.15, 0.2) is 47.5 Å². The van der Waals surface area contributed by atoms with Crippen LogP contribution >= 0.6 is 0 Å². The quantitative estimate of drug-likeness (QED) is 0.701. The number of aromatic amines is 1. The molecule has 0 saturated carbocycles. The number of benzene rings is 1. The van der Waals surface area contributed by atoms with E-state index in [0.717, 1.165) is 37.4 Å². The Bertz CT molecular complexity index is 958. The number of nitrogens with one attached hydrogen (secondary N) is 2. The van der Waals surface area contributed by atoms with Crippen molar-refractivity contribution in [2.75, 3.05) is 25.1 Å². The molecular formula is C20H23N5O2. The van der Waals surface area contributed by atoms with Crippen LogP contribution in [0.2, 0.25) is 0 Å². The summed E-state index contributed by atoms with van der Waals surface area (Å²) >= 11 is 0. The van der Waals surface area contributed by atoms with E-state index in [9.17, 15) is 4.79 Å². The van der Waals surface area contributed by atoms with Crippen molar-refractivity contribution in [1.29, 1.82) is 0 Å². The second-order valence-electron chi connectivity index (χ2n) is 6.76. The Morgan fingerprint density at radius 3 is 2.93 bits per heavy atom. The number of anilines is 1. The van der Waals surface area contributed by atoms with Crippen LogP contribution in [-0.4, -0.2) is 39.3 Å². The minimum atomic E-state index is -0.150. The molecule has 0 bridgehead atoms. The van der Waals surface area contributed by atoms with Crippen LogP contribution in [0.1, 0.15) is 23.7 Å². The van der Waals surface area contributed by atoms with Crippen LogP contribution < -0.4 is 10.9 Å². The molecule has 27 heavy (non-hydrogen) atoms. The van der Waals surface area contributed by atoms with Gasteiger partial charge in [-0.3, -0.25) is 9.78 Å². The highest BCUT2D eigenvalue weighted by atomic mass is 16.5. The predicted octanol–water partition coefficient (Wildman–Crippen LogP) is 2.56. The molecule has 1 aliphatic rings. The molecule has 1 fully saturated rings. The van der Waals surface area contributed by atoms with Gasteiger partial charge in [0.2, 0.25) is 5.95 Å². The molecule has 1 aliphatic heterocycles. The SMILES string of the molecule is Cc1cc(=O)[nH]c(NCCn2cnc(-c3ccccc3)c2[C@H]2CCOC2)n1. The van der Waals surface area contributed by atoms with Crippen LogP contribution in [0.5, 0.6) is 0 Å². The first-order valence-electron chi connectivity index (χ1n) is 9.21. The second kappa shape index (κ2) is 7.75. The maximum atomic E-state index is 11.6. The van der Waals surface area contributed by atoms with Crippen molar-refractivity contribution >= 4 is 5.95 Å². The Balaban J connectivity index is 1.55. The number of hydrogen-bond acceptors (Lipinski definition) is 5. The summed E-state index contributed by atoms with van der Waals surface area (Å²) in [5, 5.41) is 3.20. The number of rotatable bonds is 6. The minimum Gasteiger partial charge on any atom is -0.381 e. The number of aryl methyl sites for hydroxylation is 1. The molecule has 3 heterocycles. The Kier molecular flexibility index (Phi) is 5.02. The van der Waals surface area contributed by atoms with Crippen molar-refractivity contribution in [2.24, 2.45) is 0 Å². The van der Waals surface area contributed by atoms with Gasteiger partial charge in [-0.15, -0.1) is 0 Å². The maximum absolute atomic E-state index is 11.6. The highest BCUT2D eigenvalue weighted by Gasteiger charge is 2.25. The number of imidazole rings is 1. The molecule has 7 heteroatoms. The molecule has 2 aromatic heterocycles. The van der Waals surface area contributed by atoms with E-state index in [1.807, 2.05) is 24.5 Å². The van der Waals surface area contributed by atoms with E-state index < -0.39 is 0 Å². The fraction of sp³-hybridized carbons (Fsp3) is 0.350. The van der Waals surface area contributed by atoms with Crippen LogP contribution in [0.25, 0.3) is 11.3 Å². The predicted molar refractivity (Wildman–Crippen MR) is 104 cm³/mol. The summed E-state index contributed by atoms with van der Waals surface area (Å²) in [6, 6.07) is 11.7. The molecule has 0 unspecified atom stereocenters. The van der Waals surface area contributed by atoms with E-state index in [1.54, 1.807) is 6.92 Å². The summed E-state index contributed by atoms with van der Waals surface area (Å²) in [5.74, 6) is 0.841. The van der Waals surface area contributed by atoms with Crippen molar-refractivity contribution in [3.63, 3.8) is 0 Å². The second-order valence-corrected chi connectivity index (χ2v) is 6.76. The third-order valence-corrected chi connectivity index (χ3v) is 4.76. The van der Waals surface area contributed by atoms with Crippen molar-refractivity contribution in [3.05, 3.63) is 64.5 Å². The van der Waals surface area contributed by atoms with Crippen LogP contribution in [0.4, 0.5) is 5.95 Å². The highest BCUT2D eigenvalue weighted by molar-refractivity contribution is 5.62. The van der Waals surface area contributed by atoms with Gasteiger partial charge in [-0.2, -0.15) is 0 Å². The van der Waals surface area contributed by atoms with Gasteiger partial charge in [0.1, 0.15) is 0 Å². The molecule has 3 aromatic rings. The summed E-state index contributed by atoms with van der Waals surface area (Å²) in [4.78, 5) is 23.3. The summed E-state index contributed by atoms with van der Waals surface area (Å²) in [5.41, 5.74) is 3.90. The molecule has 0 spiro atoms. The van der Waals surface area contributed by atoms with E-state index >= 15 is 0 Å². The normalized spacial score (nSPS) is 16.6. The lowest BCUT2D eigenvalue weighted by Gasteiger charge is -2.15. The van der Waals surface area contributed by atoms with Gasteiger partial charge >= 0.3 is 0 Å². The van der Waals surface area contributed by atoms with Crippen molar-refractivity contribution in [1.82, 2.24) is 19.5 Å². The summed E-state index contributed by atoms with van der Waals surface area (Å²) in [7, 11) is 0. The molecule has 1 saturated heterocycles. The zero-order valence-electron chi connectivity index (χ0n) is 15.3. The smallest absolute Gasteiger partial charge is 0.252 e. The summed E-state index contributed by atoms with van der Waals surface area (Å²) < 4.78 is 7.80. The van der Waals surface area contributed by atoms with Gasteiger partial charge in [0.25, 0.3) is 5.56 Å². The van der Waals surface area contributed by atoms with E-state index in [-0.39, 0.29) is 5.56 Å². The molecule has 1 aromatic carbocycles. The first kappa shape index (κ1) is 17.5. The lowest BCUT2D eigenvalue weighted by atomic mass is 9.99. The molecular weight excluding hydrogens is 342 g/mol. The fourth-order valence-electron chi connectivity index (χ4n) is 3.52. The van der Waals surface area contributed by atoms with Gasteiger partial charge in [-0.25, -0.2) is 9.97 Å². The Labute approximate surface area is 157 Å². The number of ether oxygens (including phenoxy) is 1. The number of nitrogens with zero attached hydrogens (tertiary/aromatic N) is 3. The van der Waals surface area contributed by atoms with Crippen molar-refractivity contribution < 1.29 is 4.74 Å². The largest absolute Gasteiger partial charge is 0.381 e. The minimum absolute atomic E-state index is 0.150. The molecule has 0 radical (unpaired) electrons. The van der Waals surface area contributed by atoms with Crippen LogP contribution in [-0.2, 0) is 11.3 Å². The zero-order chi connectivity index (χ0) is 18.6. The van der Waals surface area contributed by atoms with Gasteiger partial charge in [-0.1, -0.05) is 30.3 Å². The van der Waals surface area contributed by atoms with Crippen molar-refractivity contribution in [3.8, 4) is 11.3 Å². The first-order valence-corrected chi connectivity index (χ1v) is 9.21.